The molecule has 0 fully saturated rings. The van der Waals surface area contributed by atoms with E-state index in [4.69, 9.17) is 0 Å². The molecular formula is C38H30N10O14S4. The molecule has 6 rings (SSSR count). The second-order valence-corrected chi connectivity index (χ2v) is 18.7. The fourth-order valence-electron chi connectivity index (χ4n) is 5.48. The van der Waals surface area contributed by atoms with E-state index in [0.29, 0.717) is 0 Å². The van der Waals surface area contributed by atoms with E-state index in [0.717, 1.165) is 60.7 Å². The highest BCUT2D eigenvalue weighted by Crippen LogP contribution is 2.30. The summed E-state index contributed by atoms with van der Waals surface area (Å²) >= 11 is 0. The quantitative estimate of drug-likeness (QED) is 0.0381. The van der Waals surface area contributed by atoms with Crippen molar-refractivity contribution in [3.8, 4) is 22.8 Å². The van der Waals surface area contributed by atoms with Crippen LogP contribution in [0.4, 0.5) is 35.2 Å². The molecule has 2 heterocycles. The molecule has 2 aromatic heterocycles. The van der Waals surface area contributed by atoms with Crippen LogP contribution in [0.1, 0.15) is 11.1 Å². The Kier molecular flexibility index (Phi) is 13.6. The molecule has 0 unspecified atom stereocenters. The zero-order chi connectivity index (χ0) is 48.2. The fourth-order valence-corrected chi connectivity index (χ4v) is 7.86. The lowest BCUT2D eigenvalue weighted by atomic mass is 10.1. The molecule has 2 amide bonds. The molecule has 0 saturated carbocycles. The van der Waals surface area contributed by atoms with Crippen LogP contribution in [0.3, 0.4) is 0 Å². The normalized spacial score (nSPS) is 12.0. The van der Waals surface area contributed by atoms with Gasteiger partial charge in [0, 0.05) is 22.5 Å². The van der Waals surface area contributed by atoms with E-state index < -0.39 is 71.9 Å². The Hall–Kier alpha value is -7.70. The molecule has 0 aliphatic carbocycles. The monoisotopic (exact) mass is 978 g/mol. The van der Waals surface area contributed by atoms with Crippen molar-refractivity contribution >= 4 is 99.6 Å². The largest absolute Gasteiger partial charge is 0.324 e. The molecule has 28 heteroatoms. The van der Waals surface area contributed by atoms with Gasteiger partial charge in [-0.05, 0) is 83.9 Å². The van der Waals surface area contributed by atoms with Gasteiger partial charge in [-0.25, -0.2) is 0 Å². The summed E-state index contributed by atoms with van der Waals surface area (Å²) in [5.41, 5.74) is -0.129. The Bertz CT molecular complexity index is 3220. The average molecular weight is 979 g/mol. The highest BCUT2D eigenvalue weighted by atomic mass is 32.2. The SMILES string of the molecule is C=CC(=O)Nc1nc(Nc2ccc(S(=O)(=O)O)cc2)nc(-c2ccc(/C=C/c3ccc(-c4nc(NC(=O)C=C)nc(Nc5ccc(S(=O)(=O)O)cc5)n4)cc3S(=O)(=O)O)c(S(=O)(=O)O)c2)n1. The van der Waals surface area contributed by atoms with Crippen LogP contribution in [-0.4, -0.2) is 93.6 Å². The summed E-state index contributed by atoms with van der Waals surface area (Å²) in [7, 11) is -19.2. The van der Waals surface area contributed by atoms with Gasteiger partial charge in [-0.3, -0.25) is 38.4 Å². The Morgan fingerprint density at radius 3 is 1.09 bits per heavy atom. The predicted octanol–water partition coefficient (Wildman–Crippen LogP) is 4.28. The van der Waals surface area contributed by atoms with Crippen molar-refractivity contribution in [2.45, 2.75) is 19.6 Å². The minimum atomic E-state index is -5.07. The highest BCUT2D eigenvalue weighted by Gasteiger charge is 2.21. The van der Waals surface area contributed by atoms with Crippen LogP contribution in [0.2, 0.25) is 0 Å². The van der Waals surface area contributed by atoms with E-state index in [9.17, 15) is 61.5 Å². The van der Waals surface area contributed by atoms with Gasteiger partial charge in [0.25, 0.3) is 40.5 Å². The Labute approximate surface area is 374 Å². The third kappa shape index (κ3) is 12.1. The van der Waals surface area contributed by atoms with Gasteiger partial charge in [0.15, 0.2) is 11.6 Å². The number of hydrogen-bond donors (Lipinski definition) is 8. The third-order valence-corrected chi connectivity index (χ3v) is 12.0. The molecule has 0 bridgehead atoms. The van der Waals surface area contributed by atoms with Crippen molar-refractivity contribution in [1.82, 2.24) is 29.9 Å². The topological polar surface area (TPSA) is 377 Å². The second-order valence-electron chi connectivity index (χ2n) is 13.0. The average Bonchev–Trinajstić information content (AvgIpc) is 3.24. The maximum atomic E-state index is 12.7. The van der Waals surface area contributed by atoms with Gasteiger partial charge < -0.3 is 10.6 Å². The minimum absolute atomic E-state index is 0.0611. The summed E-state index contributed by atoms with van der Waals surface area (Å²) in [5.74, 6) is -3.19. The van der Waals surface area contributed by atoms with Crippen molar-refractivity contribution in [3.63, 3.8) is 0 Å². The molecule has 0 aliphatic heterocycles. The second kappa shape index (κ2) is 18.8. The van der Waals surface area contributed by atoms with Crippen molar-refractivity contribution in [3.05, 3.63) is 121 Å². The van der Waals surface area contributed by atoms with Crippen LogP contribution in [0.5, 0.6) is 0 Å². The minimum Gasteiger partial charge on any atom is -0.324 e. The molecule has 24 nitrogen and oxygen atoms in total. The van der Waals surface area contributed by atoms with Gasteiger partial charge >= 0.3 is 0 Å². The number of nitrogens with zero attached hydrogens (tertiary/aromatic N) is 6. The molecule has 0 atom stereocenters. The summed E-state index contributed by atoms with van der Waals surface area (Å²) in [6.45, 7) is 6.71. The van der Waals surface area contributed by atoms with Crippen LogP contribution >= 0.6 is 0 Å². The third-order valence-electron chi connectivity index (χ3n) is 8.47. The number of carbonyl (C=O) groups excluding carboxylic acids is 2. The number of hydrogen-bond acceptors (Lipinski definition) is 18. The summed E-state index contributed by atoms with van der Waals surface area (Å²) in [4.78, 5) is 46.9. The van der Waals surface area contributed by atoms with E-state index in [1.54, 1.807) is 0 Å². The van der Waals surface area contributed by atoms with Gasteiger partial charge in [0.05, 0.1) is 9.79 Å². The van der Waals surface area contributed by atoms with Crippen LogP contribution in [0, 0.1) is 0 Å². The summed E-state index contributed by atoms with van der Waals surface area (Å²) in [6, 6.07) is 16.3. The number of rotatable bonds is 16. The first kappa shape index (κ1) is 47.8. The standard InChI is InChI=1S/C38H30N10O14S4/c1-3-31(49)41-37-45-33(43-35(47-37)39-25-11-15-27(16-12-25)63(51,52)53)23-9-7-21(29(19-23)65(57,58)59)5-6-22-8-10-24(20-30(22)66(60,61)62)34-44-36(48-38(46-34)42-32(50)4-2)40-26-13-17-28(18-14-26)64(54,55)56/h3-20H,1-2H2,(H,51,52,53)(H,54,55,56)(H,57,58,59)(H,60,61,62)(H2,39,41,43,45,47,49)(H2,40,42,44,46,48,50)/b6-5+. The number of amides is 2. The number of carbonyl (C=O) groups is 2. The van der Waals surface area contributed by atoms with Gasteiger partial charge in [0.2, 0.25) is 35.6 Å². The molecule has 66 heavy (non-hydrogen) atoms. The number of nitrogens with one attached hydrogen (secondary N) is 4. The number of benzene rings is 4. The molecule has 6 aromatic rings. The number of anilines is 6. The van der Waals surface area contributed by atoms with E-state index in [2.05, 4.69) is 64.3 Å². The van der Waals surface area contributed by atoms with Gasteiger partial charge in [-0.2, -0.15) is 63.6 Å². The van der Waals surface area contributed by atoms with E-state index >= 15 is 0 Å². The Morgan fingerprint density at radius 1 is 0.455 bits per heavy atom. The van der Waals surface area contributed by atoms with Crippen LogP contribution in [0.15, 0.2) is 130 Å². The molecule has 0 spiro atoms. The lowest BCUT2D eigenvalue weighted by Crippen LogP contribution is -2.13. The maximum absolute atomic E-state index is 12.7. The Morgan fingerprint density at radius 2 is 0.788 bits per heavy atom. The molecule has 0 radical (unpaired) electrons. The van der Waals surface area contributed by atoms with E-state index in [1.165, 1.54) is 48.5 Å². The molecular weight excluding hydrogens is 949 g/mol. The molecule has 340 valence electrons. The summed E-state index contributed by atoms with van der Waals surface area (Å²) in [5, 5.41) is 10.2. The van der Waals surface area contributed by atoms with Crippen molar-refractivity contribution in [2.75, 3.05) is 21.3 Å². The van der Waals surface area contributed by atoms with Gasteiger partial charge in [-0.15, -0.1) is 0 Å². The smallest absolute Gasteiger partial charge is 0.295 e. The van der Waals surface area contributed by atoms with Crippen molar-refractivity contribution < 1.29 is 61.5 Å². The lowest BCUT2D eigenvalue weighted by Gasteiger charge is -2.12. The maximum Gasteiger partial charge on any atom is 0.295 e. The van der Waals surface area contributed by atoms with Crippen molar-refractivity contribution in [2.24, 2.45) is 0 Å². The number of aromatic nitrogens is 6. The van der Waals surface area contributed by atoms with E-state index in [-0.39, 0.29) is 69.1 Å². The Balaban J connectivity index is 1.37. The molecule has 0 saturated heterocycles. The van der Waals surface area contributed by atoms with Crippen LogP contribution in [-0.2, 0) is 50.1 Å². The zero-order valence-electron chi connectivity index (χ0n) is 33.0. The zero-order valence-corrected chi connectivity index (χ0v) is 36.3. The van der Waals surface area contributed by atoms with Gasteiger partial charge in [-0.1, -0.05) is 49.6 Å². The van der Waals surface area contributed by atoms with Crippen LogP contribution in [0.25, 0.3) is 34.9 Å². The molecule has 4 aromatic carbocycles. The van der Waals surface area contributed by atoms with Crippen LogP contribution < -0.4 is 21.3 Å². The summed E-state index contributed by atoms with van der Waals surface area (Å²) < 4.78 is 136. The van der Waals surface area contributed by atoms with Crippen molar-refractivity contribution in [1.29, 1.82) is 0 Å². The summed E-state index contributed by atoms with van der Waals surface area (Å²) in [6.07, 6.45) is 4.02. The highest BCUT2D eigenvalue weighted by molar-refractivity contribution is 7.86. The first-order chi connectivity index (χ1) is 30.9. The predicted molar refractivity (Wildman–Crippen MR) is 236 cm³/mol. The fraction of sp³-hybridized carbons (Fsp3) is 0. The van der Waals surface area contributed by atoms with E-state index in [1.807, 2.05) is 0 Å². The molecule has 8 N–H and O–H groups in total. The van der Waals surface area contributed by atoms with Gasteiger partial charge in [0.1, 0.15) is 9.79 Å². The lowest BCUT2D eigenvalue weighted by molar-refractivity contribution is -0.112. The first-order valence-corrected chi connectivity index (χ1v) is 23.7. The molecule has 0 aliphatic rings. The first-order valence-electron chi connectivity index (χ1n) is 17.9.